The van der Waals surface area contributed by atoms with Gasteiger partial charge in [0.25, 0.3) is 0 Å². The molecular formula is C34H36Cu2N12OS4. The first-order chi connectivity index (χ1) is 24.7. The summed E-state index contributed by atoms with van der Waals surface area (Å²) >= 11 is 20.9. The van der Waals surface area contributed by atoms with Crippen molar-refractivity contribution in [3.8, 4) is 0 Å². The van der Waals surface area contributed by atoms with E-state index in [9.17, 15) is 4.79 Å². The van der Waals surface area contributed by atoms with Gasteiger partial charge < -0.3 is 71.8 Å². The second-order valence-electron chi connectivity index (χ2n) is 10.2. The fraction of sp³-hybridized carbons (Fsp3) is 0.206. The summed E-state index contributed by atoms with van der Waals surface area (Å²) in [6.07, 6.45) is 2.31. The topological polar surface area (TPSA) is 164 Å². The van der Waals surface area contributed by atoms with Crippen LogP contribution in [-0.4, -0.2) is 77.5 Å². The Kier molecular flexibility index (Phi) is 22.7. The number of aryl methyl sites for hydroxylation is 1. The molecule has 284 valence electrons. The standard InChI is InChI=1S/C34H40N12OS4.2Cu/c1-22(39-43-31(48)35-2)28(40-44-32(49)36-3)26-16-12-23(13-17-26)9-8-20-38-34(51)46-42-30(27-18-14-24(21-47)15-19-27)29(41-45-33(50)37-4)25-10-6-5-7-11-25;;/h5-7,10-19,21H,8-9,20H2,1-4H3,(H2,35,43,48)(H2,36,44,49)(H2,37,45,50)(H2,38,46,51);;/q;2*+2/p-4/b39-22+,40-28-,41-29+,42-30+;;. The molecule has 3 rings (SSSR count). The number of hydrogen-bond donors (Lipinski definition) is 4. The van der Waals surface area contributed by atoms with E-state index in [2.05, 4.69) is 62.1 Å². The maximum Gasteiger partial charge on any atom is 2.00 e. The number of benzene rings is 3. The molecule has 0 aliphatic carbocycles. The van der Waals surface area contributed by atoms with Gasteiger partial charge in [-0.2, -0.15) is 25.5 Å². The number of hydrogen-bond acceptors (Lipinski definition) is 13. The van der Waals surface area contributed by atoms with Gasteiger partial charge in [-0.1, -0.05) is 78.9 Å². The molecule has 0 heterocycles. The van der Waals surface area contributed by atoms with Gasteiger partial charge in [0.1, 0.15) is 23.4 Å². The molecule has 0 bridgehead atoms. The number of amidine groups is 4. The molecule has 0 aliphatic heterocycles. The fourth-order valence-electron chi connectivity index (χ4n) is 4.09. The molecule has 0 aliphatic rings. The van der Waals surface area contributed by atoms with Crippen LogP contribution in [0.5, 0.6) is 0 Å². The van der Waals surface area contributed by atoms with Gasteiger partial charge in [-0.3, -0.25) is 4.79 Å². The van der Waals surface area contributed by atoms with Crippen molar-refractivity contribution in [2.75, 3.05) is 27.7 Å². The third-order valence-corrected chi connectivity index (χ3v) is 7.82. The predicted octanol–water partition coefficient (Wildman–Crippen LogP) is 3.17. The average molecular weight is 884 g/mol. The second kappa shape index (κ2) is 25.7. The summed E-state index contributed by atoms with van der Waals surface area (Å²) < 4.78 is 0. The summed E-state index contributed by atoms with van der Waals surface area (Å²) in [4.78, 5) is 11.3. The number of nitrogens with zero attached hydrogens (tertiary/aromatic N) is 8. The van der Waals surface area contributed by atoms with Crippen LogP contribution in [0.4, 0.5) is 0 Å². The molecule has 13 nitrogen and oxygen atoms in total. The monoisotopic (exact) mass is 882 g/mol. The van der Waals surface area contributed by atoms with Crippen LogP contribution in [0.25, 0.3) is 0 Å². The smallest absolute Gasteiger partial charge is 0.741 e. The number of aldehydes is 1. The number of rotatable bonds is 14. The van der Waals surface area contributed by atoms with Crippen molar-refractivity contribution in [1.82, 2.24) is 21.3 Å². The summed E-state index contributed by atoms with van der Waals surface area (Å²) in [6.45, 7) is 2.33. The van der Waals surface area contributed by atoms with Gasteiger partial charge >= 0.3 is 34.1 Å². The Labute approximate surface area is 353 Å². The molecular weight excluding hydrogens is 848 g/mol. The first kappa shape index (κ1) is 46.8. The first-order valence-corrected chi connectivity index (χ1v) is 17.1. The molecule has 3 aromatic carbocycles. The predicted molar refractivity (Wildman–Crippen MR) is 220 cm³/mol. The van der Waals surface area contributed by atoms with Gasteiger partial charge in [-0.15, -0.1) is 15.3 Å². The molecule has 0 atom stereocenters. The van der Waals surface area contributed by atoms with Crippen LogP contribution in [0, 0.1) is 0 Å². The van der Waals surface area contributed by atoms with Crippen molar-refractivity contribution < 1.29 is 38.9 Å². The molecule has 0 saturated carbocycles. The summed E-state index contributed by atoms with van der Waals surface area (Å²) in [5.74, 6) is 0. The van der Waals surface area contributed by atoms with E-state index < -0.39 is 0 Å². The maximum atomic E-state index is 11.3. The molecule has 0 spiro atoms. The van der Waals surface area contributed by atoms with E-state index in [1.807, 2.05) is 54.6 Å². The minimum atomic E-state index is 0. The van der Waals surface area contributed by atoms with Gasteiger partial charge in [-0.25, -0.2) is 0 Å². The van der Waals surface area contributed by atoms with Crippen LogP contribution < -0.4 is 21.3 Å². The largest absolute Gasteiger partial charge is 2.00 e. The van der Waals surface area contributed by atoms with Crippen molar-refractivity contribution >= 4 is 100 Å². The molecule has 0 fully saturated rings. The fourth-order valence-corrected chi connectivity index (χ4v) is 4.36. The van der Waals surface area contributed by atoms with Crippen LogP contribution in [0.1, 0.15) is 46.0 Å². The normalized spacial score (nSPS) is 13.4. The third-order valence-electron chi connectivity index (χ3n) is 6.74. The van der Waals surface area contributed by atoms with Crippen LogP contribution in [0.15, 0.2) is 120 Å². The minimum absolute atomic E-state index is 0. The number of carbonyl (C=O) groups is 1. The van der Waals surface area contributed by atoms with Crippen molar-refractivity contribution in [1.29, 1.82) is 0 Å². The summed E-state index contributed by atoms with van der Waals surface area (Å²) in [6, 6.07) is 24.2. The van der Waals surface area contributed by atoms with Crippen molar-refractivity contribution in [3.63, 3.8) is 0 Å². The summed E-state index contributed by atoms with van der Waals surface area (Å²) in [5, 5.41) is 46.2. The van der Waals surface area contributed by atoms with Gasteiger partial charge in [0.15, 0.2) is 0 Å². The molecule has 4 N–H and O–H groups in total. The Morgan fingerprint density at radius 3 is 1.51 bits per heavy atom. The van der Waals surface area contributed by atoms with E-state index in [0.29, 0.717) is 40.5 Å². The molecule has 2 radical (unpaired) electrons. The summed E-state index contributed by atoms with van der Waals surface area (Å²) in [7, 11) is 5.00. The van der Waals surface area contributed by atoms with Gasteiger partial charge in [0.2, 0.25) is 0 Å². The van der Waals surface area contributed by atoms with E-state index in [1.54, 1.807) is 52.3 Å². The third kappa shape index (κ3) is 16.2. The first-order valence-electron chi connectivity index (χ1n) is 15.4. The number of carbonyl (C=O) groups excluding carboxylic acids is 1. The zero-order chi connectivity index (χ0) is 37.0. The number of nitrogens with one attached hydrogen (secondary N) is 4. The maximum absolute atomic E-state index is 11.3. The molecule has 0 aromatic heterocycles. The molecule has 19 heteroatoms. The SMILES string of the molecule is CN/C([S-])=N/N=C(C)/C(=N/N=C(\[S-])NC)c1ccc(CCCN/C([S-])=N/N=C(/C(=N/N=C(\[S-])NC)c2ccccc2)c2ccc(C=O)cc2)cc1.[Cu+2].[Cu+2]. The van der Waals surface area contributed by atoms with E-state index in [-0.39, 0.29) is 54.8 Å². The van der Waals surface area contributed by atoms with Crippen LogP contribution >= 0.6 is 0 Å². The molecule has 0 unspecified atom stereocenters. The van der Waals surface area contributed by atoms with E-state index in [0.717, 1.165) is 35.8 Å². The van der Waals surface area contributed by atoms with E-state index in [4.69, 9.17) is 50.5 Å². The van der Waals surface area contributed by atoms with Gasteiger partial charge in [0, 0.05) is 49.9 Å². The minimum Gasteiger partial charge on any atom is -0.741 e. The zero-order valence-electron chi connectivity index (χ0n) is 28.9. The molecule has 3 aromatic rings. The van der Waals surface area contributed by atoms with Gasteiger partial charge in [-0.05, 0) is 46.0 Å². The molecule has 0 amide bonds. The van der Waals surface area contributed by atoms with E-state index in [1.165, 1.54) is 0 Å². The summed E-state index contributed by atoms with van der Waals surface area (Å²) in [5.41, 5.74) is 5.66. The molecule has 53 heavy (non-hydrogen) atoms. The Hall–Kier alpha value is -4.19. The Morgan fingerprint density at radius 2 is 1.00 bits per heavy atom. The van der Waals surface area contributed by atoms with Crippen molar-refractivity contribution in [2.24, 2.45) is 40.8 Å². The quantitative estimate of drug-likeness (QED) is 0.0363. The van der Waals surface area contributed by atoms with Crippen LogP contribution in [-0.2, 0) is 91.1 Å². The Bertz CT molecular complexity index is 1860. The van der Waals surface area contributed by atoms with Gasteiger partial charge in [0.05, 0.1) is 5.71 Å². The van der Waals surface area contributed by atoms with Crippen LogP contribution in [0.3, 0.4) is 0 Å². The van der Waals surface area contributed by atoms with Crippen molar-refractivity contribution in [3.05, 3.63) is 107 Å². The Balaban J connectivity index is 0.00000702. The molecule has 0 saturated heterocycles. The Morgan fingerprint density at radius 1 is 0.566 bits per heavy atom. The van der Waals surface area contributed by atoms with Crippen molar-refractivity contribution in [2.45, 2.75) is 19.8 Å². The average Bonchev–Trinajstić information content (AvgIpc) is 3.17. The zero-order valence-corrected chi connectivity index (χ0v) is 34.1. The van der Waals surface area contributed by atoms with E-state index >= 15 is 0 Å². The van der Waals surface area contributed by atoms with Crippen LogP contribution in [0.2, 0.25) is 0 Å². The second-order valence-corrected chi connectivity index (χ2v) is 11.8.